The fourth-order valence-electron chi connectivity index (χ4n) is 4.98. The predicted octanol–water partition coefficient (Wildman–Crippen LogP) is 3.00. The molecule has 1 aromatic carbocycles. The third kappa shape index (κ3) is 3.77. The lowest BCUT2D eigenvalue weighted by molar-refractivity contribution is -0.110. The second-order valence-corrected chi connectivity index (χ2v) is 10.2. The third-order valence-electron chi connectivity index (χ3n) is 6.55. The fourth-order valence-corrected chi connectivity index (χ4v) is 6.66. The molecule has 4 rings (SSSR count). The van der Waals surface area contributed by atoms with Crippen LogP contribution < -0.4 is 0 Å². The minimum atomic E-state index is -3.71. The van der Waals surface area contributed by atoms with Gasteiger partial charge in [0.1, 0.15) is 5.82 Å². The zero-order chi connectivity index (χ0) is 21.4. The predicted molar refractivity (Wildman–Crippen MR) is 112 cm³/mol. The van der Waals surface area contributed by atoms with Gasteiger partial charge in [-0.2, -0.15) is 4.31 Å². The van der Waals surface area contributed by atoms with E-state index in [-0.39, 0.29) is 16.4 Å². The minimum absolute atomic E-state index is 0.0398. The first-order chi connectivity index (χ1) is 14.4. The van der Waals surface area contributed by atoms with Crippen molar-refractivity contribution in [1.82, 2.24) is 14.2 Å². The number of benzene rings is 1. The van der Waals surface area contributed by atoms with E-state index in [0.29, 0.717) is 25.3 Å². The summed E-state index contributed by atoms with van der Waals surface area (Å²) in [6.07, 6.45) is 5.17. The Morgan fingerprint density at radius 1 is 1.20 bits per heavy atom. The van der Waals surface area contributed by atoms with Crippen LogP contribution in [-0.2, 0) is 14.8 Å². The van der Waals surface area contributed by atoms with Gasteiger partial charge in [-0.05, 0) is 55.2 Å². The molecule has 0 N–H and O–H groups in total. The molecule has 1 spiro atoms. The smallest absolute Gasteiger partial charge is 0.243 e. The normalized spacial score (nSPS) is 22.2. The van der Waals surface area contributed by atoms with Crippen molar-refractivity contribution < 1.29 is 17.5 Å². The van der Waals surface area contributed by atoms with Crippen molar-refractivity contribution in [3.05, 3.63) is 59.7 Å². The lowest BCUT2D eigenvalue weighted by Crippen LogP contribution is -2.62. The van der Waals surface area contributed by atoms with E-state index in [1.54, 1.807) is 14.0 Å². The number of hydrogen-bond acceptors (Lipinski definition) is 5. The Hall–Kier alpha value is -1.87. The summed E-state index contributed by atoms with van der Waals surface area (Å²) in [7, 11) is -2.01. The summed E-state index contributed by atoms with van der Waals surface area (Å²) in [5.74, 6) is -0.529. The monoisotopic (exact) mass is 433 g/mol. The highest BCUT2D eigenvalue weighted by Crippen LogP contribution is 2.55. The van der Waals surface area contributed by atoms with E-state index in [1.807, 2.05) is 24.5 Å². The van der Waals surface area contributed by atoms with Crippen LogP contribution in [0.2, 0.25) is 0 Å². The summed E-state index contributed by atoms with van der Waals surface area (Å²) in [6, 6.07) is 8.27. The van der Waals surface area contributed by atoms with Gasteiger partial charge in [-0.1, -0.05) is 6.07 Å². The van der Waals surface area contributed by atoms with Gasteiger partial charge in [0.05, 0.1) is 11.5 Å². The summed E-state index contributed by atoms with van der Waals surface area (Å²) >= 11 is 0. The van der Waals surface area contributed by atoms with Gasteiger partial charge in [0.15, 0.2) is 0 Å². The highest BCUT2D eigenvalue weighted by atomic mass is 32.2. The molecule has 2 aromatic rings. The van der Waals surface area contributed by atoms with Gasteiger partial charge in [0.25, 0.3) is 0 Å². The van der Waals surface area contributed by atoms with E-state index in [2.05, 4.69) is 9.88 Å². The number of halogens is 1. The number of methoxy groups -OCH3 is 1. The molecule has 0 radical (unpaired) electrons. The number of likely N-dealkylation sites (tertiary alicyclic amines) is 1. The molecule has 2 aliphatic heterocycles. The SMILES string of the molecule is COCCN1CC2(CCN(S(=O)(=O)c3cc(F)ccc3C)CC2)C1c1ccncc1. The summed E-state index contributed by atoms with van der Waals surface area (Å²) < 4.78 is 46.8. The first kappa shape index (κ1) is 21.4. The fraction of sp³-hybridized carbons (Fsp3) is 0.500. The summed E-state index contributed by atoms with van der Waals surface area (Å²) in [5.41, 5.74) is 1.82. The Kier molecular flexibility index (Phi) is 5.94. The molecule has 1 atom stereocenters. The van der Waals surface area contributed by atoms with Crippen molar-refractivity contribution >= 4 is 10.0 Å². The number of nitrogens with zero attached hydrogens (tertiary/aromatic N) is 3. The molecule has 162 valence electrons. The maximum atomic E-state index is 13.7. The Morgan fingerprint density at radius 3 is 2.57 bits per heavy atom. The van der Waals surface area contributed by atoms with Crippen LogP contribution in [0.4, 0.5) is 4.39 Å². The van der Waals surface area contributed by atoms with Crippen LogP contribution in [0.1, 0.15) is 30.0 Å². The average molecular weight is 434 g/mol. The molecule has 1 unspecified atom stereocenters. The van der Waals surface area contributed by atoms with E-state index in [4.69, 9.17) is 4.74 Å². The molecule has 0 bridgehead atoms. The van der Waals surface area contributed by atoms with Crippen molar-refractivity contribution in [3.8, 4) is 0 Å². The molecule has 2 saturated heterocycles. The van der Waals surface area contributed by atoms with E-state index >= 15 is 0 Å². The van der Waals surface area contributed by atoms with Crippen LogP contribution in [0, 0.1) is 18.2 Å². The van der Waals surface area contributed by atoms with Crippen LogP contribution in [0.15, 0.2) is 47.6 Å². The van der Waals surface area contributed by atoms with Gasteiger partial charge in [-0.3, -0.25) is 9.88 Å². The summed E-state index contributed by atoms with van der Waals surface area (Å²) in [5, 5.41) is 0. The molecule has 0 amide bonds. The Morgan fingerprint density at radius 2 is 1.90 bits per heavy atom. The van der Waals surface area contributed by atoms with Gasteiger partial charge in [-0.25, -0.2) is 12.8 Å². The number of hydrogen-bond donors (Lipinski definition) is 0. The quantitative estimate of drug-likeness (QED) is 0.701. The lowest BCUT2D eigenvalue weighted by Gasteiger charge is -2.60. The molecule has 2 aliphatic rings. The van der Waals surface area contributed by atoms with Crippen molar-refractivity contribution in [3.63, 3.8) is 0 Å². The molecule has 0 saturated carbocycles. The van der Waals surface area contributed by atoms with Gasteiger partial charge in [0.2, 0.25) is 10.0 Å². The Labute approximate surface area is 177 Å². The number of rotatable bonds is 6. The lowest BCUT2D eigenvalue weighted by atomic mass is 9.63. The van der Waals surface area contributed by atoms with E-state index in [1.165, 1.54) is 22.0 Å². The topological polar surface area (TPSA) is 62.7 Å². The molecule has 2 fully saturated rings. The molecule has 6 nitrogen and oxygen atoms in total. The molecule has 3 heterocycles. The van der Waals surface area contributed by atoms with Gasteiger partial charge in [-0.15, -0.1) is 0 Å². The molecular weight excluding hydrogens is 405 g/mol. The van der Waals surface area contributed by atoms with Crippen LogP contribution >= 0.6 is 0 Å². The van der Waals surface area contributed by atoms with Crippen molar-refractivity contribution in [1.29, 1.82) is 0 Å². The zero-order valence-electron chi connectivity index (χ0n) is 17.4. The molecule has 8 heteroatoms. The number of pyridine rings is 1. The summed E-state index contributed by atoms with van der Waals surface area (Å²) in [6.45, 7) is 5.02. The first-order valence-electron chi connectivity index (χ1n) is 10.3. The Bertz CT molecular complexity index is 992. The number of piperidine rings is 1. The van der Waals surface area contributed by atoms with Gasteiger partial charge < -0.3 is 4.74 Å². The second kappa shape index (κ2) is 8.34. The second-order valence-electron chi connectivity index (χ2n) is 8.32. The number of aromatic nitrogens is 1. The largest absolute Gasteiger partial charge is 0.383 e. The van der Waals surface area contributed by atoms with E-state index in [0.717, 1.165) is 32.0 Å². The minimum Gasteiger partial charge on any atom is -0.383 e. The maximum Gasteiger partial charge on any atom is 0.243 e. The molecule has 30 heavy (non-hydrogen) atoms. The van der Waals surface area contributed by atoms with Crippen LogP contribution in [0.25, 0.3) is 0 Å². The van der Waals surface area contributed by atoms with Crippen molar-refractivity contribution in [2.75, 3.05) is 39.9 Å². The van der Waals surface area contributed by atoms with Gasteiger partial charge >= 0.3 is 0 Å². The number of ether oxygens (including phenoxy) is 1. The first-order valence-corrected chi connectivity index (χ1v) is 11.7. The van der Waals surface area contributed by atoms with Crippen LogP contribution in [0.5, 0.6) is 0 Å². The standard InChI is InChI=1S/C22H28FN3O3S/c1-17-3-4-19(23)15-20(17)30(27,28)26-11-7-22(8-12-26)16-25(13-14-29-2)21(22)18-5-9-24-10-6-18/h3-6,9-10,15,21H,7-8,11-14,16H2,1-2H3. The Balaban J connectivity index is 1.53. The average Bonchev–Trinajstić information content (AvgIpc) is 2.73. The van der Waals surface area contributed by atoms with E-state index in [9.17, 15) is 12.8 Å². The highest BCUT2D eigenvalue weighted by molar-refractivity contribution is 7.89. The maximum absolute atomic E-state index is 13.7. The molecular formula is C22H28FN3O3S. The van der Waals surface area contributed by atoms with Crippen molar-refractivity contribution in [2.24, 2.45) is 5.41 Å². The number of aryl methyl sites for hydroxylation is 1. The molecule has 1 aromatic heterocycles. The van der Waals surface area contributed by atoms with Crippen molar-refractivity contribution in [2.45, 2.75) is 30.7 Å². The van der Waals surface area contributed by atoms with Crippen LogP contribution in [-0.4, -0.2) is 62.5 Å². The van der Waals surface area contributed by atoms with Gasteiger partial charge in [0, 0.05) is 57.1 Å². The molecule has 0 aliphatic carbocycles. The summed E-state index contributed by atoms with van der Waals surface area (Å²) in [4.78, 5) is 6.61. The third-order valence-corrected chi connectivity index (χ3v) is 8.59. The van der Waals surface area contributed by atoms with Crippen LogP contribution in [0.3, 0.4) is 0 Å². The zero-order valence-corrected chi connectivity index (χ0v) is 18.2. The van der Waals surface area contributed by atoms with E-state index < -0.39 is 15.8 Å². The number of sulfonamides is 1. The highest BCUT2D eigenvalue weighted by Gasteiger charge is 2.54.